The number of rotatable bonds is 3. The van der Waals surface area contributed by atoms with Gasteiger partial charge in [0.15, 0.2) is 0 Å². The van der Waals surface area contributed by atoms with Crippen LogP contribution >= 0.6 is 11.3 Å². The molecule has 1 aliphatic rings. The first-order chi connectivity index (χ1) is 12.6. The molecule has 2 aromatic heterocycles. The van der Waals surface area contributed by atoms with Gasteiger partial charge in [0.1, 0.15) is 16.9 Å². The lowest BCUT2D eigenvalue weighted by molar-refractivity contribution is -0.167. The Morgan fingerprint density at radius 3 is 2.44 bits per heavy atom. The van der Waals surface area contributed by atoms with E-state index in [9.17, 15) is 31.1 Å². The Labute approximate surface area is 152 Å². The maximum absolute atomic E-state index is 13.0. The topological polar surface area (TPSA) is 71.0 Å². The van der Waals surface area contributed by atoms with E-state index in [0.717, 1.165) is 16.2 Å². The molecule has 0 spiro atoms. The summed E-state index contributed by atoms with van der Waals surface area (Å²) in [5.41, 5.74) is 0.305. The minimum Gasteiger partial charge on any atom is -0.329 e. The maximum atomic E-state index is 13.0. The highest BCUT2D eigenvalue weighted by Crippen LogP contribution is 2.35. The number of hydrogen-bond acceptors (Lipinski definition) is 6. The average molecular weight is 411 g/mol. The molecule has 2 aromatic rings. The van der Waals surface area contributed by atoms with Crippen LogP contribution in [0.1, 0.15) is 12.8 Å². The van der Waals surface area contributed by atoms with Crippen molar-refractivity contribution in [1.82, 2.24) is 15.0 Å². The Kier molecular flexibility index (Phi) is 4.97. The van der Waals surface area contributed by atoms with E-state index in [1.807, 2.05) is 0 Å². The summed E-state index contributed by atoms with van der Waals surface area (Å²) < 4.78 is 75.7. The molecule has 146 valence electrons. The van der Waals surface area contributed by atoms with E-state index in [-0.39, 0.29) is 29.7 Å². The van der Waals surface area contributed by atoms with Gasteiger partial charge in [0, 0.05) is 29.9 Å². The first-order valence-corrected chi connectivity index (χ1v) is 8.43. The molecule has 0 aromatic carbocycles. The molecule has 1 aliphatic heterocycles. The fraction of sp³-hybridized carbons (Fsp3) is 0.429. The quantitative estimate of drug-likeness (QED) is 0.782. The van der Waals surface area contributed by atoms with Gasteiger partial charge in [0.2, 0.25) is 5.95 Å². The largest absolute Gasteiger partial charge is 0.471 e. The van der Waals surface area contributed by atoms with Crippen LogP contribution in [0.3, 0.4) is 0 Å². The third kappa shape index (κ3) is 4.28. The van der Waals surface area contributed by atoms with Crippen LogP contribution in [0.5, 0.6) is 0 Å². The average Bonchev–Trinajstić information content (AvgIpc) is 3.23. The third-order valence-electron chi connectivity index (χ3n) is 3.78. The smallest absolute Gasteiger partial charge is 0.329 e. The number of anilines is 2. The van der Waals surface area contributed by atoms with E-state index in [1.54, 1.807) is 5.32 Å². The number of nitrogens with one attached hydrogen (secondary N) is 1. The minimum atomic E-state index is -5.04. The van der Waals surface area contributed by atoms with Crippen LogP contribution in [0.15, 0.2) is 17.8 Å². The molecular formula is C14H11F6N5OS. The summed E-state index contributed by atoms with van der Waals surface area (Å²) in [5, 5.41) is 3.03. The van der Waals surface area contributed by atoms with E-state index in [0.29, 0.717) is 12.0 Å². The van der Waals surface area contributed by atoms with Crippen molar-refractivity contribution in [3.63, 3.8) is 0 Å². The van der Waals surface area contributed by atoms with Crippen molar-refractivity contribution in [3.8, 4) is 10.6 Å². The standard InChI is InChI=1S/C14H11F6N5OS/c15-13(16,17)8-2-1-3-25(8)12-21-4-7(5-22-12)10-23-9(6-27-10)24-11(26)14(18,19)20/h4-6,8H,1-3H2,(H,24,26)/t8-/m1/s1. The van der Waals surface area contributed by atoms with Gasteiger partial charge in [-0.3, -0.25) is 4.79 Å². The molecule has 0 unspecified atom stereocenters. The van der Waals surface area contributed by atoms with Crippen LogP contribution in [0, 0.1) is 0 Å². The maximum Gasteiger partial charge on any atom is 0.471 e. The second kappa shape index (κ2) is 6.94. The molecule has 0 aliphatic carbocycles. The lowest BCUT2D eigenvalue weighted by Crippen LogP contribution is -2.42. The van der Waals surface area contributed by atoms with Crippen molar-refractivity contribution in [3.05, 3.63) is 17.8 Å². The monoisotopic (exact) mass is 411 g/mol. The Bertz CT molecular complexity index is 819. The van der Waals surface area contributed by atoms with E-state index >= 15 is 0 Å². The summed E-state index contributed by atoms with van der Waals surface area (Å²) >= 11 is 0.931. The van der Waals surface area contributed by atoms with Crippen molar-refractivity contribution in [2.45, 2.75) is 31.2 Å². The molecule has 27 heavy (non-hydrogen) atoms. The van der Waals surface area contributed by atoms with Gasteiger partial charge in [-0.05, 0) is 12.8 Å². The van der Waals surface area contributed by atoms with E-state index in [4.69, 9.17) is 0 Å². The van der Waals surface area contributed by atoms with Gasteiger partial charge >= 0.3 is 18.3 Å². The summed E-state index contributed by atoms with van der Waals surface area (Å²) in [4.78, 5) is 23.6. The summed E-state index contributed by atoms with van der Waals surface area (Å²) in [5.74, 6) is -2.53. The van der Waals surface area contributed by atoms with Gasteiger partial charge in [0.25, 0.3) is 0 Å². The number of thiazole rings is 1. The van der Waals surface area contributed by atoms with Crippen LogP contribution in [0.25, 0.3) is 10.6 Å². The van der Waals surface area contributed by atoms with Gasteiger partial charge in [-0.15, -0.1) is 11.3 Å². The van der Waals surface area contributed by atoms with Gasteiger partial charge in [-0.2, -0.15) is 26.3 Å². The molecule has 1 saturated heterocycles. The third-order valence-corrected chi connectivity index (χ3v) is 4.67. The molecule has 0 saturated carbocycles. The normalized spacial score (nSPS) is 18.0. The van der Waals surface area contributed by atoms with Gasteiger partial charge in [0.05, 0.1) is 0 Å². The highest BCUT2D eigenvalue weighted by molar-refractivity contribution is 7.13. The Balaban J connectivity index is 1.74. The molecule has 3 heterocycles. The molecule has 1 atom stereocenters. The number of halogens is 6. The number of alkyl halides is 6. The highest BCUT2D eigenvalue weighted by atomic mass is 32.1. The summed E-state index contributed by atoms with van der Waals surface area (Å²) in [6.45, 7) is 0.175. The van der Waals surface area contributed by atoms with Gasteiger partial charge < -0.3 is 10.2 Å². The van der Waals surface area contributed by atoms with Crippen molar-refractivity contribution in [1.29, 1.82) is 0 Å². The van der Waals surface area contributed by atoms with Crippen molar-refractivity contribution >= 4 is 29.0 Å². The Morgan fingerprint density at radius 1 is 1.19 bits per heavy atom. The Hall–Kier alpha value is -2.44. The number of carbonyl (C=O) groups excluding carboxylic acids is 1. The molecule has 3 rings (SSSR count). The second-order valence-corrected chi connectivity index (χ2v) is 6.51. The van der Waals surface area contributed by atoms with Crippen molar-refractivity contribution in [2.75, 3.05) is 16.8 Å². The zero-order chi connectivity index (χ0) is 19.8. The predicted octanol–water partition coefficient (Wildman–Crippen LogP) is 3.63. The lowest BCUT2D eigenvalue weighted by atomic mass is 10.2. The number of hydrogen-bond donors (Lipinski definition) is 1. The van der Waals surface area contributed by atoms with E-state index in [2.05, 4.69) is 15.0 Å². The SMILES string of the molecule is O=C(Nc1csc(-c2cnc(N3CCC[C@@H]3C(F)(F)F)nc2)n1)C(F)(F)F. The zero-order valence-electron chi connectivity index (χ0n) is 13.3. The first kappa shape index (κ1) is 19.3. The molecule has 1 fully saturated rings. The van der Waals surface area contributed by atoms with Crippen molar-refractivity contribution < 1.29 is 31.1 Å². The minimum absolute atomic E-state index is 0.0383. The number of aromatic nitrogens is 3. The molecule has 6 nitrogen and oxygen atoms in total. The summed E-state index contributed by atoms with van der Waals surface area (Å²) in [6, 6.07) is -1.65. The van der Waals surface area contributed by atoms with Crippen LogP contribution in [0.2, 0.25) is 0 Å². The van der Waals surface area contributed by atoms with E-state index in [1.165, 1.54) is 17.8 Å². The van der Waals surface area contributed by atoms with Crippen LogP contribution < -0.4 is 10.2 Å². The lowest BCUT2D eigenvalue weighted by Gasteiger charge is -2.26. The molecule has 1 N–H and O–H groups in total. The summed E-state index contributed by atoms with van der Waals surface area (Å²) in [7, 11) is 0. The van der Waals surface area contributed by atoms with Crippen molar-refractivity contribution in [2.24, 2.45) is 0 Å². The molecule has 13 heteroatoms. The summed E-state index contributed by atoms with van der Waals surface area (Å²) in [6.07, 6.45) is -6.63. The number of nitrogens with zero attached hydrogens (tertiary/aromatic N) is 4. The molecular weight excluding hydrogens is 400 g/mol. The van der Waals surface area contributed by atoms with Crippen LogP contribution in [-0.4, -0.2) is 45.8 Å². The van der Waals surface area contributed by atoms with Gasteiger partial charge in [-0.25, -0.2) is 15.0 Å². The van der Waals surface area contributed by atoms with Gasteiger partial charge in [-0.1, -0.05) is 0 Å². The number of carbonyl (C=O) groups is 1. The van der Waals surface area contributed by atoms with E-state index < -0.39 is 24.3 Å². The zero-order valence-corrected chi connectivity index (χ0v) is 14.1. The fourth-order valence-electron chi connectivity index (χ4n) is 2.58. The second-order valence-electron chi connectivity index (χ2n) is 5.65. The molecule has 0 radical (unpaired) electrons. The Morgan fingerprint density at radius 2 is 1.85 bits per heavy atom. The highest BCUT2D eigenvalue weighted by Gasteiger charge is 2.46. The van der Waals surface area contributed by atoms with Crippen LogP contribution in [-0.2, 0) is 4.79 Å². The fourth-order valence-corrected chi connectivity index (χ4v) is 3.30. The number of amides is 1. The predicted molar refractivity (Wildman–Crippen MR) is 84.2 cm³/mol. The molecule has 1 amide bonds. The molecule has 0 bridgehead atoms. The first-order valence-electron chi connectivity index (χ1n) is 7.55. The van der Waals surface area contributed by atoms with Crippen LogP contribution in [0.4, 0.5) is 38.1 Å².